The number of aliphatic hydroxyl groups is 1. The van der Waals surface area contributed by atoms with Crippen LogP contribution in [0.25, 0.3) is 11.1 Å². The fraction of sp³-hybridized carbons (Fsp3) is 0.190. The molecule has 6 heteroatoms. The van der Waals surface area contributed by atoms with E-state index in [-0.39, 0.29) is 18.0 Å². The number of benzene rings is 2. The van der Waals surface area contributed by atoms with Crippen LogP contribution in [0.15, 0.2) is 71.8 Å². The summed E-state index contributed by atoms with van der Waals surface area (Å²) in [5.74, 6) is 0. The lowest BCUT2D eigenvalue weighted by Gasteiger charge is -2.18. The fourth-order valence-electron chi connectivity index (χ4n) is 2.99. The van der Waals surface area contributed by atoms with Crippen molar-refractivity contribution in [1.82, 2.24) is 9.29 Å². The van der Waals surface area contributed by atoms with Crippen molar-refractivity contribution in [1.29, 1.82) is 0 Å². The quantitative estimate of drug-likeness (QED) is 0.710. The van der Waals surface area contributed by atoms with Crippen LogP contribution in [-0.4, -0.2) is 29.9 Å². The van der Waals surface area contributed by atoms with E-state index in [2.05, 4.69) is 4.98 Å². The molecule has 0 aliphatic heterocycles. The van der Waals surface area contributed by atoms with Crippen LogP contribution in [-0.2, 0) is 23.2 Å². The van der Waals surface area contributed by atoms with Crippen molar-refractivity contribution in [2.75, 3.05) is 7.05 Å². The third kappa shape index (κ3) is 4.24. The lowest BCUT2D eigenvalue weighted by atomic mass is 10.0. The molecule has 0 unspecified atom stereocenters. The fourth-order valence-corrected chi connectivity index (χ4v) is 4.19. The van der Waals surface area contributed by atoms with Crippen molar-refractivity contribution in [2.45, 2.75) is 25.0 Å². The molecular weight excluding hydrogens is 360 g/mol. The summed E-state index contributed by atoms with van der Waals surface area (Å²) in [5, 5.41) is 9.55. The number of rotatable bonds is 6. The van der Waals surface area contributed by atoms with Gasteiger partial charge in [-0.25, -0.2) is 8.42 Å². The highest BCUT2D eigenvalue weighted by atomic mass is 32.2. The van der Waals surface area contributed by atoms with Gasteiger partial charge in [-0.1, -0.05) is 36.4 Å². The normalized spacial score (nSPS) is 11.7. The number of pyridine rings is 1. The summed E-state index contributed by atoms with van der Waals surface area (Å²) >= 11 is 0. The molecule has 1 heterocycles. The highest BCUT2D eigenvalue weighted by molar-refractivity contribution is 7.89. The molecule has 1 aromatic heterocycles. The smallest absolute Gasteiger partial charge is 0.243 e. The van der Waals surface area contributed by atoms with Crippen LogP contribution in [0, 0.1) is 6.92 Å². The molecule has 0 amide bonds. The second-order valence-electron chi connectivity index (χ2n) is 6.41. The third-order valence-electron chi connectivity index (χ3n) is 4.41. The van der Waals surface area contributed by atoms with E-state index in [1.807, 2.05) is 49.4 Å². The molecule has 0 fully saturated rings. The molecule has 0 radical (unpaired) electrons. The minimum Gasteiger partial charge on any atom is -0.392 e. The van der Waals surface area contributed by atoms with E-state index in [4.69, 9.17) is 0 Å². The van der Waals surface area contributed by atoms with Crippen molar-refractivity contribution in [3.05, 3.63) is 83.7 Å². The van der Waals surface area contributed by atoms with Crippen molar-refractivity contribution >= 4 is 10.0 Å². The standard InChI is InChI=1S/C21H22N2O3S/c1-16-12-17(10-11-22-16)14-23(2)27(25,26)20-8-5-7-18(13-20)21-9-4-3-6-19(21)15-24/h3-13,24H,14-15H2,1-2H3. The van der Waals surface area contributed by atoms with Crippen LogP contribution < -0.4 is 0 Å². The zero-order chi connectivity index (χ0) is 19.4. The van der Waals surface area contributed by atoms with Crippen molar-refractivity contribution in [3.63, 3.8) is 0 Å². The Morgan fingerprint density at radius 2 is 1.81 bits per heavy atom. The topological polar surface area (TPSA) is 70.5 Å². The Balaban J connectivity index is 1.93. The maximum atomic E-state index is 13.0. The largest absolute Gasteiger partial charge is 0.392 e. The molecule has 27 heavy (non-hydrogen) atoms. The summed E-state index contributed by atoms with van der Waals surface area (Å²) in [4.78, 5) is 4.36. The van der Waals surface area contributed by atoms with Gasteiger partial charge in [0.25, 0.3) is 0 Å². The van der Waals surface area contributed by atoms with E-state index in [1.54, 1.807) is 31.4 Å². The van der Waals surface area contributed by atoms with Gasteiger partial charge in [0.15, 0.2) is 0 Å². The number of aromatic nitrogens is 1. The molecule has 0 saturated heterocycles. The maximum Gasteiger partial charge on any atom is 0.243 e. The minimum absolute atomic E-state index is 0.103. The average Bonchev–Trinajstić information content (AvgIpc) is 2.68. The minimum atomic E-state index is -3.65. The molecule has 0 atom stereocenters. The number of sulfonamides is 1. The Hall–Kier alpha value is -2.54. The summed E-state index contributed by atoms with van der Waals surface area (Å²) in [6.45, 7) is 2.04. The maximum absolute atomic E-state index is 13.0. The van der Waals surface area contributed by atoms with Gasteiger partial charge in [-0.05, 0) is 53.4 Å². The zero-order valence-electron chi connectivity index (χ0n) is 15.3. The van der Waals surface area contributed by atoms with E-state index in [1.165, 1.54) is 4.31 Å². The predicted octanol–water partition coefficient (Wildman–Crippen LogP) is 3.37. The average molecular weight is 382 g/mol. The van der Waals surface area contributed by atoms with Crippen LogP contribution in [0.3, 0.4) is 0 Å². The van der Waals surface area contributed by atoms with Crippen molar-refractivity contribution in [3.8, 4) is 11.1 Å². The van der Waals surface area contributed by atoms with Gasteiger partial charge in [-0.2, -0.15) is 4.31 Å². The Bertz CT molecular complexity index is 1050. The molecule has 3 aromatic rings. The van der Waals surface area contributed by atoms with Crippen LogP contribution >= 0.6 is 0 Å². The number of aryl methyl sites for hydroxylation is 1. The highest BCUT2D eigenvalue weighted by Gasteiger charge is 2.21. The number of hydrogen-bond donors (Lipinski definition) is 1. The van der Waals surface area contributed by atoms with Crippen LogP contribution in [0.2, 0.25) is 0 Å². The third-order valence-corrected chi connectivity index (χ3v) is 6.21. The second-order valence-corrected chi connectivity index (χ2v) is 8.45. The van der Waals surface area contributed by atoms with Crippen LogP contribution in [0.5, 0.6) is 0 Å². The van der Waals surface area contributed by atoms with Crippen molar-refractivity contribution < 1.29 is 13.5 Å². The molecule has 140 valence electrons. The van der Waals surface area contributed by atoms with Gasteiger partial charge in [-0.3, -0.25) is 4.98 Å². The van der Waals surface area contributed by atoms with Gasteiger partial charge in [-0.15, -0.1) is 0 Å². The molecule has 1 N–H and O–H groups in total. The molecule has 0 aliphatic carbocycles. The lowest BCUT2D eigenvalue weighted by molar-refractivity contribution is 0.282. The Labute approximate surface area is 160 Å². The molecule has 3 rings (SSSR count). The van der Waals surface area contributed by atoms with Gasteiger partial charge < -0.3 is 5.11 Å². The Morgan fingerprint density at radius 1 is 1.04 bits per heavy atom. The summed E-state index contributed by atoms with van der Waals surface area (Å²) < 4.78 is 27.4. The monoisotopic (exact) mass is 382 g/mol. The summed E-state index contributed by atoms with van der Waals surface area (Å²) in [6.07, 6.45) is 1.68. The Morgan fingerprint density at radius 3 is 2.56 bits per heavy atom. The predicted molar refractivity (Wildman–Crippen MR) is 105 cm³/mol. The highest BCUT2D eigenvalue weighted by Crippen LogP contribution is 2.27. The van der Waals surface area contributed by atoms with Crippen LogP contribution in [0.1, 0.15) is 16.8 Å². The first-order chi connectivity index (χ1) is 12.9. The van der Waals surface area contributed by atoms with Gasteiger partial charge >= 0.3 is 0 Å². The first kappa shape index (κ1) is 19.2. The molecule has 0 aliphatic rings. The molecule has 0 bridgehead atoms. The number of hydrogen-bond acceptors (Lipinski definition) is 4. The molecule has 5 nitrogen and oxygen atoms in total. The van der Waals surface area contributed by atoms with E-state index >= 15 is 0 Å². The van der Waals surface area contributed by atoms with Gasteiger partial charge in [0.2, 0.25) is 10.0 Å². The molecular formula is C21H22N2O3S. The molecule has 0 saturated carbocycles. The lowest BCUT2D eigenvalue weighted by Crippen LogP contribution is -2.26. The van der Waals surface area contributed by atoms with Crippen molar-refractivity contribution in [2.24, 2.45) is 0 Å². The molecule has 2 aromatic carbocycles. The first-order valence-corrected chi connectivity index (χ1v) is 10.0. The van der Waals surface area contributed by atoms with E-state index in [9.17, 15) is 13.5 Å². The van der Waals surface area contributed by atoms with E-state index < -0.39 is 10.0 Å². The first-order valence-electron chi connectivity index (χ1n) is 8.59. The number of aliphatic hydroxyl groups excluding tert-OH is 1. The SMILES string of the molecule is Cc1cc(CN(C)S(=O)(=O)c2cccc(-c3ccccc3CO)c2)ccn1. The summed E-state index contributed by atoms with van der Waals surface area (Å²) in [6, 6.07) is 17.9. The van der Waals surface area contributed by atoms with Gasteiger partial charge in [0.1, 0.15) is 0 Å². The van der Waals surface area contributed by atoms with Crippen LogP contribution in [0.4, 0.5) is 0 Å². The summed E-state index contributed by atoms with van der Waals surface area (Å²) in [5.41, 5.74) is 4.07. The molecule has 0 spiro atoms. The zero-order valence-corrected chi connectivity index (χ0v) is 16.1. The van der Waals surface area contributed by atoms with E-state index in [0.29, 0.717) is 0 Å². The Kier molecular flexibility index (Phi) is 5.70. The van der Waals surface area contributed by atoms with Gasteiger partial charge in [0.05, 0.1) is 11.5 Å². The second kappa shape index (κ2) is 8.00. The van der Waals surface area contributed by atoms with E-state index in [0.717, 1.165) is 27.9 Å². The van der Waals surface area contributed by atoms with Gasteiger partial charge in [0, 0.05) is 25.5 Å². The summed E-state index contributed by atoms with van der Waals surface area (Å²) in [7, 11) is -2.08. The number of nitrogens with zero attached hydrogens (tertiary/aromatic N) is 2.